The summed E-state index contributed by atoms with van der Waals surface area (Å²) < 4.78 is 18.3. The first-order chi connectivity index (χ1) is 14.9. The van der Waals surface area contributed by atoms with Crippen LogP contribution in [0.25, 0.3) is 0 Å². The Morgan fingerprint density at radius 2 is 1.68 bits per heavy atom. The highest BCUT2D eigenvalue weighted by Gasteiger charge is 2.13. The van der Waals surface area contributed by atoms with Crippen LogP contribution in [0.2, 0.25) is 0 Å². The van der Waals surface area contributed by atoms with Crippen LogP contribution in [0.15, 0.2) is 72.8 Å². The highest BCUT2D eigenvalue weighted by molar-refractivity contribution is 6.05. The maximum absolute atomic E-state index is 12.9. The summed E-state index contributed by atoms with van der Waals surface area (Å²) in [6, 6.07) is 19.2. The molecule has 0 unspecified atom stereocenters. The van der Waals surface area contributed by atoms with Crippen molar-refractivity contribution in [3.8, 4) is 5.75 Å². The molecular formula is C24H23FN2O4. The predicted octanol–water partition coefficient (Wildman–Crippen LogP) is 3.56. The van der Waals surface area contributed by atoms with Crippen LogP contribution >= 0.6 is 0 Å². The van der Waals surface area contributed by atoms with E-state index in [1.807, 2.05) is 13.0 Å². The Balaban J connectivity index is 1.54. The second kappa shape index (κ2) is 10.4. The second-order valence-electron chi connectivity index (χ2n) is 6.98. The Bertz CT molecular complexity index is 1040. The molecule has 0 radical (unpaired) electrons. The highest BCUT2D eigenvalue weighted by atomic mass is 19.1. The van der Waals surface area contributed by atoms with E-state index >= 15 is 0 Å². The molecule has 0 heterocycles. The van der Waals surface area contributed by atoms with Crippen LogP contribution in [-0.2, 0) is 0 Å². The van der Waals surface area contributed by atoms with E-state index in [9.17, 15) is 19.1 Å². The van der Waals surface area contributed by atoms with Crippen molar-refractivity contribution in [3.05, 3.63) is 95.3 Å². The third kappa shape index (κ3) is 6.38. The highest BCUT2D eigenvalue weighted by Crippen LogP contribution is 2.18. The van der Waals surface area contributed by atoms with Gasteiger partial charge in [-0.3, -0.25) is 9.59 Å². The minimum atomic E-state index is -0.947. The lowest BCUT2D eigenvalue weighted by Crippen LogP contribution is -2.35. The fourth-order valence-corrected chi connectivity index (χ4v) is 2.78. The summed E-state index contributed by atoms with van der Waals surface area (Å²) in [6.07, 6.45) is -0.947. The second-order valence-corrected chi connectivity index (χ2v) is 6.98. The van der Waals surface area contributed by atoms with Crippen LogP contribution in [0, 0.1) is 12.7 Å². The van der Waals surface area contributed by atoms with E-state index in [0.29, 0.717) is 22.6 Å². The van der Waals surface area contributed by atoms with E-state index < -0.39 is 12.0 Å². The molecule has 0 saturated heterocycles. The van der Waals surface area contributed by atoms with Gasteiger partial charge in [-0.1, -0.05) is 24.3 Å². The molecule has 0 aromatic heterocycles. The summed E-state index contributed by atoms with van der Waals surface area (Å²) in [6.45, 7) is 1.75. The number of benzene rings is 3. The van der Waals surface area contributed by atoms with Crippen LogP contribution in [0.4, 0.5) is 10.1 Å². The molecule has 0 saturated carbocycles. The molecule has 3 N–H and O–H groups in total. The van der Waals surface area contributed by atoms with E-state index in [1.165, 1.54) is 24.3 Å². The average Bonchev–Trinajstić information content (AvgIpc) is 2.79. The van der Waals surface area contributed by atoms with Gasteiger partial charge in [0.2, 0.25) is 0 Å². The number of halogens is 1. The van der Waals surface area contributed by atoms with Gasteiger partial charge in [0, 0.05) is 23.4 Å². The Morgan fingerprint density at radius 1 is 0.968 bits per heavy atom. The molecular weight excluding hydrogens is 399 g/mol. The third-order valence-corrected chi connectivity index (χ3v) is 4.54. The van der Waals surface area contributed by atoms with Gasteiger partial charge in [0.1, 0.15) is 24.3 Å². The zero-order chi connectivity index (χ0) is 22.2. The molecule has 0 bridgehead atoms. The summed E-state index contributed by atoms with van der Waals surface area (Å²) in [5, 5.41) is 15.5. The zero-order valence-electron chi connectivity index (χ0n) is 17.0. The fourth-order valence-electron chi connectivity index (χ4n) is 2.78. The monoisotopic (exact) mass is 422 g/mol. The van der Waals surface area contributed by atoms with Gasteiger partial charge in [-0.05, 0) is 61.0 Å². The van der Waals surface area contributed by atoms with Crippen LogP contribution in [-0.4, -0.2) is 36.2 Å². The molecule has 7 heteroatoms. The lowest BCUT2D eigenvalue weighted by atomic mass is 10.1. The van der Waals surface area contributed by atoms with Gasteiger partial charge in [-0.15, -0.1) is 0 Å². The lowest BCUT2D eigenvalue weighted by Gasteiger charge is -2.14. The van der Waals surface area contributed by atoms with Gasteiger partial charge in [0.05, 0.1) is 0 Å². The molecule has 0 aliphatic carbocycles. The van der Waals surface area contributed by atoms with Crippen molar-refractivity contribution in [3.63, 3.8) is 0 Å². The fraction of sp³-hybridized carbons (Fsp3) is 0.167. The molecule has 3 aromatic carbocycles. The number of aliphatic hydroxyl groups is 1. The standard InChI is InChI=1S/C24H23FN2O4/c1-16-7-8-18(13-22(16)27-24(30)17-5-3-2-4-6-17)23(29)26-14-20(28)15-31-21-11-9-19(25)10-12-21/h2-13,20,28H,14-15H2,1H3,(H,26,29)(H,27,30)/t20-/m0/s1. The molecule has 0 spiro atoms. The number of ether oxygens (including phenoxy) is 1. The molecule has 0 aliphatic heterocycles. The van der Waals surface area contributed by atoms with Gasteiger partial charge < -0.3 is 20.5 Å². The maximum atomic E-state index is 12.9. The molecule has 3 rings (SSSR count). The van der Waals surface area contributed by atoms with E-state index in [4.69, 9.17) is 4.74 Å². The molecule has 0 aliphatic rings. The number of aliphatic hydroxyl groups excluding tert-OH is 1. The first-order valence-electron chi connectivity index (χ1n) is 9.74. The smallest absolute Gasteiger partial charge is 0.255 e. The summed E-state index contributed by atoms with van der Waals surface area (Å²) in [4.78, 5) is 24.9. The Hall–Kier alpha value is -3.71. The number of nitrogens with one attached hydrogen (secondary N) is 2. The number of carbonyl (C=O) groups is 2. The van der Waals surface area contributed by atoms with Crippen LogP contribution < -0.4 is 15.4 Å². The van der Waals surface area contributed by atoms with E-state index in [2.05, 4.69) is 10.6 Å². The minimum Gasteiger partial charge on any atom is -0.491 e. The molecule has 1 atom stereocenters. The minimum absolute atomic E-state index is 0.0282. The largest absolute Gasteiger partial charge is 0.491 e. The topological polar surface area (TPSA) is 87.7 Å². The molecule has 6 nitrogen and oxygen atoms in total. The summed E-state index contributed by atoms with van der Waals surface area (Å²) >= 11 is 0. The van der Waals surface area contributed by atoms with Crippen molar-refractivity contribution in [2.45, 2.75) is 13.0 Å². The SMILES string of the molecule is Cc1ccc(C(=O)NC[C@H](O)COc2ccc(F)cc2)cc1NC(=O)c1ccccc1. The predicted molar refractivity (Wildman–Crippen MR) is 116 cm³/mol. The molecule has 3 aromatic rings. The Labute approximate surface area is 179 Å². The zero-order valence-corrected chi connectivity index (χ0v) is 17.0. The number of carbonyl (C=O) groups excluding carboxylic acids is 2. The Morgan fingerprint density at radius 3 is 2.39 bits per heavy atom. The summed E-state index contributed by atoms with van der Waals surface area (Å²) in [5.41, 5.74) is 2.21. The van der Waals surface area contributed by atoms with E-state index in [-0.39, 0.29) is 24.9 Å². The van der Waals surface area contributed by atoms with Gasteiger partial charge in [0.15, 0.2) is 0 Å². The van der Waals surface area contributed by atoms with E-state index in [0.717, 1.165) is 5.56 Å². The molecule has 2 amide bonds. The lowest BCUT2D eigenvalue weighted by molar-refractivity contribution is 0.0843. The summed E-state index contributed by atoms with van der Waals surface area (Å²) in [7, 11) is 0. The van der Waals surface area contributed by atoms with Crippen LogP contribution in [0.3, 0.4) is 0 Å². The van der Waals surface area contributed by atoms with Crippen molar-refractivity contribution in [2.24, 2.45) is 0 Å². The van der Waals surface area contributed by atoms with Gasteiger partial charge in [-0.2, -0.15) is 0 Å². The van der Waals surface area contributed by atoms with Gasteiger partial charge in [-0.25, -0.2) is 4.39 Å². The van der Waals surface area contributed by atoms with Gasteiger partial charge >= 0.3 is 0 Å². The number of aryl methyl sites for hydroxylation is 1. The van der Waals surface area contributed by atoms with E-state index in [1.54, 1.807) is 42.5 Å². The summed E-state index contributed by atoms with van der Waals surface area (Å²) in [5.74, 6) is -0.618. The van der Waals surface area contributed by atoms with Crippen LogP contribution in [0.5, 0.6) is 5.75 Å². The quantitative estimate of drug-likeness (QED) is 0.518. The van der Waals surface area contributed by atoms with Crippen LogP contribution in [0.1, 0.15) is 26.3 Å². The van der Waals surface area contributed by atoms with Crippen molar-refractivity contribution < 1.29 is 23.8 Å². The van der Waals surface area contributed by atoms with Crippen molar-refractivity contribution >= 4 is 17.5 Å². The van der Waals surface area contributed by atoms with Gasteiger partial charge in [0.25, 0.3) is 11.8 Å². The number of amides is 2. The van der Waals surface area contributed by atoms with Crippen molar-refractivity contribution in [2.75, 3.05) is 18.5 Å². The van der Waals surface area contributed by atoms with Crippen molar-refractivity contribution in [1.29, 1.82) is 0 Å². The molecule has 160 valence electrons. The number of anilines is 1. The maximum Gasteiger partial charge on any atom is 0.255 e. The average molecular weight is 422 g/mol. The van der Waals surface area contributed by atoms with Crippen molar-refractivity contribution in [1.82, 2.24) is 5.32 Å². The number of rotatable bonds is 8. The molecule has 31 heavy (non-hydrogen) atoms. The number of hydrogen-bond donors (Lipinski definition) is 3. The molecule has 0 fully saturated rings. The Kier molecular flexibility index (Phi) is 7.35. The third-order valence-electron chi connectivity index (χ3n) is 4.54. The number of hydrogen-bond acceptors (Lipinski definition) is 4. The first kappa shape index (κ1) is 22.0. The first-order valence-corrected chi connectivity index (χ1v) is 9.74. The normalized spacial score (nSPS) is 11.5.